The Morgan fingerprint density at radius 2 is 0.434 bits per heavy atom. The molecule has 0 amide bonds. The van der Waals surface area contributed by atoms with Crippen LogP contribution in [-0.4, -0.2) is 63.7 Å². The molecule has 0 N–H and O–H groups in total. The third-order valence-corrected chi connectivity index (χ3v) is 9.11. The second-order valence-corrected chi connectivity index (χ2v) is 13.0. The van der Waals surface area contributed by atoms with E-state index in [1.165, 1.54) is 111 Å². The predicted octanol–water partition coefficient (Wildman–Crippen LogP) is -5.98. The summed E-state index contributed by atoms with van der Waals surface area (Å²) in [6, 6.07) is 28.0. The predicted molar refractivity (Wildman–Crippen MR) is 213 cm³/mol. The fraction of sp³-hybridized carbons (Fsp3) is 0.571. The van der Waals surface area contributed by atoms with E-state index in [0.29, 0.717) is 0 Å². The van der Waals surface area contributed by atoms with Crippen LogP contribution in [0.2, 0.25) is 0 Å². The van der Waals surface area contributed by atoms with Crippen LogP contribution in [0.25, 0.3) is 0 Å². The smallest absolute Gasteiger partial charge is 1.00 e. The Labute approximate surface area is 335 Å². The zero-order chi connectivity index (χ0) is 33.0. The Hall–Kier alpha value is -2.74. The summed E-state index contributed by atoms with van der Waals surface area (Å²) >= 11 is 0. The van der Waals surface area contributed by atoms with Crippen molar-refractivity contribution in [1.29, 1.82) is 0 Å². The fourth-order valence-electron chi connectivity index (χ4n) is 6.09. The van der Waals surface area contributed by atoms with Crippen molar-refractivity contribution >= 4 is 58.6 Å². The van der Waals surface area contributed by atoms with Crippen molar-refractivity contribution in [3.8, 4) is 0 Å². The maximum Gasteiger partial charge on any atom is 5.00 e. The van der Waals surface area contributed by atoms with Crippen molar-refractivity contribution in [2.45, 2.75) is 119 Å². The molecule has 0 bridgehead atoms. The molecule has 0 saturated heterocycles. The molecule has 3 aromatic rings. The van der Waals surface area contributed by atoms with Crippen LogP contribution in [0.5, 0.6) is 0 Å². The van der Waals surface area contributed by atoms with E-state index in [1.807, 2.05) is 0 Å². The van der Waals surface area contributed by atoms with Gasteiger partial charge in [0.15, 0.2) is 0 Å². The molecule has 0 fully saturated rings. The molecule has 0 aromatic heterocycles. The summed E-state index contributed by atoms with van der Waals surface area (Å²) in [5.74, 6) is 0. The van der Waals surface area contributed by atoms with Crippen LogP contribution < -0.4 is 47.8 Å². The standard InChI is InChI=1S/C42H66N4.6FH.Sb/c1-7-13-31-43(32-14-8-2)37-19-25-40(26-20-37)46(41-27-21-38(22-28-41)44(33-15-9-3)34-16-10-4)42-29-23-39(24-30-42)45(35-17-11-5)36-18-12-6;;;;;;;/h19-30H,7-18,31-36H2,1-6H3;6*1H;/q;;;;;;;+5/p-6. The van der Waals surface area contributed by atoms with Crippen LogP contribution in [0.4, 0.5) is 34.1 Å². The molecular weight excluding hydrogens is 796 g/mol. The molecule has 3 aromatic carbocycles. The van der Waals surface area contributed by atoms with Crippen LogP contribution in [0.15, 0.2) is 72.8 Å². The Balaban J connectivity index is -0.00000110. The van der Waals surface area contributed by atoms with E-state index >= 15 is 0 Å². The van der Waals surface area contributed by atoms with Crippen molar-refractivity contribution in [3.63, 3.8) is 0 Å². The minimum absolute atomic E-state index is 0. The van der Waals surface area contributed by atoms with E-state index in [0.717, 1.165) is 39.3 Å². The van der Waals surface area contributed by atoms with Gasteiger partial charge in [0.25, 0.3) is 0 Å². The van der Waals surface area contributed by atoms with Gasteiger partial charge in [-0.1, -0.05) is 80.1 Å². The normalized spacial score (nSPS) is 9.62. The van der Waals surface area contributed by atoms with Gasteiger partial charge < -0.3 is 47.8 Å². The number of unbranched alkanes of at least 4 members (excludes halogenated alkanes) is 6. The second-order valence-electron chi connectivity index (χ2n) is 13.0. The number of benzene rings is 3. The number of hydrogen-bond acceptors (Lipinski definition) is 4. The minimum atomic E-state index is 0. The Bertz CT molecular complexity index is 1030. The maximum absolute atomic E-state index is 2.58. The summed E-state index contributed by atoms with van der Waals surface area (Å²) in [6.07, 6.45) is 14.8. The molecule has 0 aliphatic rings. The van der Waals surface area contributed by atoms with Gasteiger partial charge in [-0.2, -0.15) is 0 Å². The van der Waals surface area contributed by atoms with Gasteiger partial charge in [0.05, 0.1) is 0 Å². The van der Waals surface area contributed by atoms with Crippen molar-refractivity contribution < 1.29 is 28.2 Å². The summed E-state index contributed by atoms with van der Waals surface area (Å²) in [5.41, 5.74) is 7.62. The van der Waals surface area contributed by atoms with Crippen LogP contribution in [-0.2, 0) is 0 Å². The molecule has 11 heteroatoms. The Morgan fingerprint density at radius 1 is 0.283 bits per heavy atom. The van der Waals surface area contributed by atoms with Crippen molar-refractivity contribution in [1.82, 2.24) is 0 Å². The molecule has 0 aliphatic carbocycles. The monoisotopic (exact) mass is 861 g/mol. The topological polar surface area (TPSA) is 13.0 Å². The average Bonchev–Trinajstić information content (AvgIpc) is 3.10. The van der Waals surface area contributed by atoms with Crippen molar-refractivity contribution in [3.05, 3.63) is 72.8 Å². The van der Waals surface area contributed by atoms with E-state index in [9.17, 15) is 0 Å². The summed E-state index contributed by atoms with van der Waals surface area (Å²) in [6.45, 7) is 20.5. The van der Waals surface area contributed by atoms with E-state index < -0.39 is 0 Å². The molecule has 0 unspecified atom stereocenters. The van der Waals surface area contributed by atoms with Gasteiger partial charge in [-0.15, -0.1) is 0 Å². The molecule has 3 rings (SSSR count). The molecule has 0 aliphatic heterocycles. The minimum Gasteiger partial charge on any atom is -1.00 e. The molecule has 53 heavy (non-hydrogen) atoms. The van der Waals surface area contributed by atoms with Gasteiger partial charge in [0, 0.05) is 73.4 Å². The zero-order valence-corrected chi connectivity index (χ0v) is 35.7. The second kappa shape index (κ2) is 35.0. The summed E-state index contributed by atoms with van der Waals surface area (Å²) in [4.78, 5) is 10.2. The van der Waals surface area contributed by atoms with Crippen LogP contribution in [0.1, 0.15) is 119 Å². The SMILES string of the molecule is CCCCN(CCCC)c1ccc(N(c2ccc(N(CCCC)CCCC)cc2)c2ccc(N(CCCC)CCCC)cc2)cc1.[F-].[F-].[F-].[F-].[F-].[F-].[Sb+5]. The third kappa shape index (κ3) is 19.4. The summed E-state index contributed by atoms with van der Waals surface area (Å²) < 4.78 is 0. The van der Waals surface area contributed by atoms with Crippen LogP contribution in [0, 0.1) is 0 Å². The van der Waals surface area contributed by atoms with Crippen LogP contribution >= 0.6 is 0 Å². The van der Waals surface area contributed by atoms with E-state index in [1.54, 1.807) is 0 Å². The van der Waals surface area contributed by atoms with Crippen molar-refractivity contribution in [2.24, 2.45) is 0 Å². The molecule has 4 nitrogen and oxygen atoms in total. The Morgan fingerprint density at radius 3 is 0.585 bits per heavy atom. The molecule has 0 heterocycles. The Kier molecular flexibility index (Phi) is 39.3. The number of hydrogen-bond donors (Lipinski definition) is 0. The molecule has 302 valence electrons. The average molecular weight is 863 g/mol. The quantitative estimate of drug-likeness (QED) is 0.0659. The van der Waals surface area contributed by atoms with E-state index in [2.05, 4.69) is 134 Å². The van der Waals surface area contributed by atoms with Gasteiger partial charge in [0.2, 0.25) is 0 Å². The molecule has 0 saturated carbocycles. The number of nitrogens with zero attached hydrogens (tertiary/aromatic N) is 4. The molecular formula is C42H66F6N4Sb-. The first-order chi connectivity index (χ1) is 22.6. The largest absolute Gasteiger partial charge is 5.00 e. The van der Waals surface area contributed by atoms with Gasteiger partial charge in [0.1, 0.15) is 0 Å². The first-order valence-corrected chi connectivity index (χ1v) is 18.9. The molecule has 0 spiro atoms. The zero-order valence-electron chi connectivity index (χ0n) is 33.2. The number of rotatable bonds is 24. The molecule has 0 atom stereocenters. The maximum atomic E-state index is 2.58. The first-order valence-electron chi connectivity index (χ1n) is 18.9. The van der Waals surface area contributed by atoms with E-state index in [4.69, 9.17) is 0 Å². The number of anilines is 6. The summed E-state index contributed by atoms with van der Waals surface area (Å²) in [7, 11) is 0. The fourth-order valence-corrected chi connectivity index (χ4v) is 6.09. The van der Waals surface area contributed by atoms with Gasteiger partial charge in [-0.3, -0.25) is 0 Å². The summed E-state index contributed by atoms with van der Waals surface area (Å²) in [5, 5.41) is 0. The first kappa shape index (κ1) is 59.5. The molecule has 0 radical (unpaired) electrons. The van der Waals surface area contributed by atoms with E-state index in [-0.39, 0.29) is 52.7 Å². The number of halogens is 6. The third-order valence-electron chi connectivity index (χ3n) is 9.11. The van der Waals surface area contributed by atoms with Gasteiger partial charge >= 0.3 is 24.4 Å². The van der Waals surface area contributed by atoms with Gasteiger partial charge in [-0.25, -0.2) is 0 Å². The van der Waals surface area contributed by atoms with Crippen molar-refractivity contribution in [2.75, 3.05) is 58.9 Å². The van der Waals surface area contributed by atoms with Gasteiger partial charge in [-0.05, 0) is 111 Å². The van der Waals surface area contributed by atoms with Crippen LogP contribution in [0.3, 0.4) is 0 Å².